The normalized spacial score (nSPS) is 10.6. The number of hydrogen-bond donors (Lipinski definition) is 1. The molecule has 1 aromatic carbocycles. The quantitative estimate of drug-likeness (QED) is 0.862. The fraction of sp³-hybridized carbons (Fsp3) is 0.182. The average molecular weight is 266 g/mol. The van der Waals surface area contributed by atoms with Gasteiger partial charge in [0.1, 0.15) is 0 Å². The Morgan fingerprint density at radius 3 is 2.60 bits per heavy atom. The maximum atomic E-state index is 5.80. The minimum Gasteiger partial charge on any atom is -0.369 e. The molecule has 0 aliphatic heterocycles. The number of benzene rings is 1. The van der Waals surface area contributed by atoms with E-state index in [0.29, 0.717) is 5.95 Å². The van der Waals surface area contributed by atoms with Crippen LogP contribution in [0.5, 0.6) is 0 Å². The Hall–Kier alpha value is -1.29. The van der Waals surface area contributed by atoms with E-state index in [1.165, 1.54) is 5.56 Å². The maximum absolute atomic E-state index is 5.80. The van der Waals surface area contributed by atoms with Crippen molar-refractivity contribution >= 4 is 21.9 Å². The maximum Gasteiger partial charge on any atom is 0.205 e. The van der Waals surface area contributed by atoms with Gasteiger partial charge in [-0.15, -0.1) is 0 Å². The number of hydrogen-bond acceptors (Lipinski definition) is 2. The molecule has 0 bridgehead atoms. The summed E-state index contributed by atoms with van der Waals surface area (Å²) in [6.45, 7) is 3.98. The van der Waals surface area contributed by atoms with E-state index in [2.05, 4.69) is 27.0 Å². The molecule has 2 aromatic rings. The molecule has 2 N–H and O–H groups in total. The second-order valence-electron chi connectivity index (χ2n) is 3.54. The van der Waals surface area contributed by atoms with Crippen LogP contribution < -0.4 is 5.73 Å². The lowest BCUT2D eigenvalue weighted by atomic mass is 10.2. The van der Waals surface area contributed by atoms with Gasteiger partial charge in [-0.3, -0.25) is 4.57 Å². The van der Waals surface area contributed by atoms with Gasteiger partial charge in [-0.2, -0.15) is 0 Å². The molecule has 0 aliphatic carbocycles. The van der Waals surface area contributed by atoms with Gasteiger partial charge < -0.3 is 5.73 Å². The van der Waals surface area contributed by atoms with E-state index in [1.54, 1.807) is 0 Å². The van der Waals surface area contributed by atoms with Crippen molar-refractivity contribution in [1.82, 2.24) is 9.55 Å². The molecule has 0 aliphatic rings. The Morgan fingerprint density at radius 2 is 2.07 bits per heavy atom. The van der Waals surface area contributed by atoms with Gasteiger partial charge in [0.25, 0.3) is 0 Å². The number of halogens is 1. The van der Waals surface area contributed by atoms with Crippen molar-refractivity contribution in [2.75, 3.05) is 5.73 Å². The number of nitrogens with two attached hydrogens (primary N) is 1. The Morgan fingerprint density at radius 1 is 1.33 bits per heavy atom. The van der Waals surface area contributed by atoms with Crippen LogP contribution in [0.25, 0.3) is 5.69 Å². The van der Waals surface area contributed by atoms with Crippen molar-refractivity contribution in [3.05, 3.63) is 40.1 Å². The van der Waals surface area contributed by atoms with Crippen molar-refractivity contribution in [3.63, 3.8) is 0 Å². The number of rotatable bonds is 1. The second-order valence-corrected chi connectivity index (χ2v) is 4.40. The summed E-state index contributed by atoms with van der Waals surface area (Å²) in [6.07, 6.45) is 1.93. The third-order valence-corrected chi connectivity index (χ3v) is 3.16. The van der Waals surface area contributed by atoms with Crippen molar-refractivity contribution in [1.29, 1.82) is 0 Å². The predicted molar refractivity (Wildman–Crippen MR) is 65.2 cm³/mol. The van der Waals surface area contributed by atoms with E-state index in [4.69, 9.17) is 5.73 Å². The monoisotopic (exact) mass is 265 g/mol. The fourth-order valence-corrected chi connectivity index (χ4v) is 1.75. The predicted octanol–water partition coefficient (Wildman–Crippen LogP) is 2.83. The molecular weight excluding hydrogens is 254 g/mol. The van der Waals surface area contributed by atoms with E-state index in [-0.39, 0.29) is 0 Å². The number of anilines is 1. The highest BCUT2D eigenvalue weighted by Crippen LogP contribution is 2.21. The molecule has 0 fully saturated rings. The molecule has 0 amide bonds. The molecule has 3 nitrogen and oxygen atoms in total. The zero-order valence-corrected chi connectivity index (χ0v) is 10.2. The highest BCUT2D eigenvalue weighted by molar-refractivity contribution is 9.10. The van der Waals surface area contributed by atoms with E-state index < -0.39 is 0 Å². The van der Waals surface area contributed by atoms with Gasteiger partial charge in [0.2, 0.25) is 5.95 Å². The van der Waals surface area contributed by atoms with Crippen LogP contribution in [0.1, 0.15) is 11.3 Å². The van der Waals surface area contributed by atoms with Crippen molar-refractivity contribution < 1.29 is 0 Å². The SMILES string of the molecule is Cc1cn(-c2ccc(Br)c(C)c2)c(N)n1. The molecule has 78 valence electrons. The minimum absolute atomic E-state index is 0.522. The van der Waals surface area contributed by atoms with Gasteiger partial charge >= 0.3 is 0 Å². The number of aromatic nitrogens is 2. The van der Waals surface area contributed by atoms with E-state index in [1.807, 2.05) is 36.7 Å². The summed E-state index contributed by atoms with van der Waals surface area (Å²) in [7, 11) is 0. The average Bonchev–Trinajstić information content (AvgIpc) is 2.50. The first-order valence-corrected chi connectivity index (χ1v) is 5.45. The molecular formula is C11H12BrN3. The number of imidazole rings is 1. The molecule has 0 saturated carbocycles. The zero-order chi connectivity index (χ0) is 11.0. The van der Waals surface area contributed by atoms with Crippen molar-refractivity contribution in [2.45, 2.75) is 13.8 Å². The number of nitrogen functional groups attached to an aromatic ring is 1. The summed E-state index contributed by atoms with van der Waals surface area (Å²) < 4.78 is 2.98. The molecule has 15 heavy (non-hydrogen) atoms. The Balaban J connectivity index is 2.54. The van der Waals surface area contributed by atoms with Crippen molar-refractivity contribution in [2.24, 2.45) is 0 Å². The zero-order valence-electron chi connectivity index (χ0n) is 8.66. The van der Waals surface area contributed by atoms with Gasteiger partial charge in [0.05, 0.1) is 5.69 Å². The molecule has 0 spiro atoms. The van der Waals surface area contributed by atoms with E-state index >= 15 is 0 Å². The van der Waals surface area contributed by atoms with Crippen LogP contribution in [0.15, 0.2) is 28.9 Å². The summed E-state index contributed by atoms with van der Waals surface area (Å²) in [5.41, 5.74) is 8.94. The van der Waals surface area contributed by atoms with Crippen LogP contribution in [-0.2, 0) is 0 Å². The molecule has 0 saturated heterocycles. The Bertz CT molecular complexity index is 503. The smallest absolute Gasteiger partial charge is 0.205 e. The fourth-order valence-electron chi connectivity index (χ4n) is 1.50. The van der Waals surface area contributed by atoms with E-state index in [9.17, 15) is 0 Å². The van der Waals surface area contributed by atoms with Crippen LogP contribution in [0, 0.1) is 13.8 Å². The molecule has 0 radical (unpaired) electrons. The van der Waals surface area contributed by atoms with Crippen LogP contribution in [0.4, 0.5) is 5.95 Å². The van der Waals surface area contributed by atoms with Crippen LogP contribution >= 0.6 is 15.9 Å². The summed E-state index contributed by atoms with van der Waals surface area (Å²) in [5.74, 6) is 0.522. The Labute approximate surface area is 97.1 Å². The third kappa shape index (κ3) is 1.90. The topological polar surface area (TPSA) is 43.8 Å². The lowest BCUT2D eigenvalue weighted by Gasteiger charge is -2.06. The van der Waals surface area contributed by atoms with Crippen LogP contribution in [0.2, 0.25) is 0 Å². The highest BCUT2D eigenvalue weighted by Gasteiger charge is 2.04. The molecule has 0 unspecified atom stereocenters. The lowest BCUT2D eigenvalue weighted by Crippen LogP contribution is -1.99. The number of aryl methyl sites for hydroxylation is 2. The van der Waals surface area contributed by atoms with Gasteiger partial charge in [-0.25, -0.2) is 4.98 Å². The van der Waals surface area contributed by atoms with Gasteiger partial charge in [-0.1, -0.05) is 15.9 Å². The molecule has 1 aromatic heterocycles. The van der Waals surface area contributed by atoms with Gasteiger partial charge in [-0.05, 0) is 37.6 Å². The third-order valence-electron chi connectivity index (χ3n) is 2.27. The van der Waals surface area contributed by atoms with Crippen molar-refractivity contribution in [3.8, 4) is 5.69 Å². The standard InChI is InChI=1S/C11H12BrN3/c1-7-5-9(3-4-10(7)12)15-6-8(2)14-11(15)13/h3-6H,1-2H3,(H2,13,14). The molecule has 0 atom stereocenters. The van der Waals surface area contributed by atoms with Gasteiger partial charge in [0, 0.05) is 16.4 Å². The summed E-state index contributed by atoms with van der Waals surface area (Å²) in [5, 5.41) is 0. The van der Waals surface area contributed by atoms with Gasteiger partial charge in [0.15, 0.2) is 0 Å². The van der Waals surface area contributed by atoms with Crippen LogP contribution in [-0.4, -0.2) is 9.55 Å². The lowest BCUT2D eigenvalue weighted by molar-refractivity contribution is 1.07. The first-order valence-electron chi connectivity index (χ1n) is 4.66. The molecule has 2 rings (SSSR count). The van der Waals surface area contributed by atoms with E-state index in [0.717, 1.165) is 15.9 Å². The second kappa shape index (κ2) is 3.70. The largest absolute Gasteiger partial charge is 0.369 e. The molecule has 4 heteroatoms. The van der Waals surface area contributed by atoms with Crippen LogP contribution in [0.3, 0.4) is 0 Å². The number of nitrogens with zero attached hydrogens (tertiary/aromatic N) is 2. The summed E-state index contributed by atoms with van der Waals surface area (Å²) >= 11 is 3.47. The molecule has 1 heterocycles. The highest BCUT2D eigenvalue weighted by atomic mass is 79.9. The first kappa shape index (κ1) is 10.2. The Kier molecular flexibility index (Phi) is 2.52. The summed E-state index contributed by atoms with van der Waals surface area (Å²) in [6, 6.07) is 6.09. The first-order chi connectivity index (χ1) is 7.08. The minimum atomic E-state index is 0.522. The summed E-state index contributed by atoms with van der Waals surface area (Å²) in [4.78, 5) is 4.17.